The van der Waals surface area contributed by atoms with Crippen molar-refractivity contribution in [1.82, 2.24) is 0 Å². The Balaban J connectivity index is 1.39. The van der Waals surface area contributed by atoms with Crippen LogP contribution in [0.15, 0.2) is 103 Å². The van der Waals surface area contributed by atoms with Crippen LogP contribution in [-0.4, -0.2) is 5.54 Å². The van der Waals surface area contributed by atoms with Crippen LogP contribution < -0.4 is 4.90 Å². The quantitative estimate of drug-likeness (QED) is 0.218. The predicted molar refractivity (Wildman–Crippen MR) is 163 cm³/mol. The van der Waals surface area contributed by atoms with Crippen molar-refractivity contribution in [2.45, 2.75) is 51.0 Å². The fourth-order valence-electron chi connectivity index (χ4n) is 8.28. The molecule has 1 aliphatic carbocycles. The van der Waals surface area contributed by atoms with Crippen LogP contribution in [0.2, 0.25) is 0 Å². The number of hydrogen-bond acceptors (Lipinski definition) is 1. The zero-order chi connectivity index (χ0) is 25.6. The summed E-state index contributed by atoms with van der Waals surface area (Å²) in [6.07, 6.45) is 3.80. The van der Waals surface area contributed by atoms with Crippen LogP contribution in [0.3, 0.4) is 0 Å². The normalized spacial score (nSPS) is 24.8. The summed E-state index contributed by atoms with van der Waals surface area (Å²) >= 11 is 0. The van der Waals surface area contributed by atoms with Gasteiger partial charge in [0.05, 0.1) is 5.54 Å². The molecule has 38 heavy (non-hydrogen) atoms. The Bertz CT molecular complexity index is 1830. The van der Waals surface area contributed by atoms with Crippen molar-refractivity contribution < 1.29 is 0 Å². The molecule has 8 rings (SSSR count). The minimum Gasteiger partial charge on any atom is -0.334 e. The van der Waals surface area contributed by atoms with Gasteiger partial charge < -0.3 is 4.90 Å². The summed E-state index contributed by atoms with van der Waals surface area (Å²) in [7, 11) is 0. The molecule has 1 aliphatic heterocycles. The number of fused-ring (bicyclic) bond motifs is 3. The number of benzene rings is 6. The summed E-state index contributed by atoms with van der Waals surface area (Å²) < 4.78 is 0. The molecule has 0 spiro atoms. The number of anilines is 2. The van der Waals surface area contributed by atoms with Crippen LogP contribution in [-0.2, 0) is 5.41 Å². The molecule has 2 aliphatic rings. The fraction of sp³-hybridized carbons (Fsp3) is 0.243. The summed E-state index contributed by atoms with van der Waals surface area (Å²) in [6.45, 7) is 7.54. The average molecular weight is 492 g/mol. The molecule has 186 valence electrons. The minimum atomic E-state index is 0.0379. The fourth-order valence-corrected chi connectivity index (χ4v) is 8.28. The molecule has 0 N–H and O–H groups in total. The van der Waals surface area contributed by atoms with Gasteiger partial charge in [-0.15, -0.1) is 0 Å². The topological polar surface area (TPSA) is 3.24 Å². The molecular formula is C37H33N. The summed E-state index contributed by atoms with van der Waals surface area (Å²) in [5, 5.41) is 8.11. The highest BCUT2D eigenvalue weighted by atomic mass is 15.3. The zero-order valence-electron chi connectivity index (χ0n) is 22.5. The third-order valence-electron chi connectivity index (χ3n) is 10.5. The number of hydrogen-bond donors (Lipinski definition) is 0. The maximum absolute atomic E-state index is 2.68. The zero-order valence-corrected chi connectivity index (χ0v) is 22.5. The molecular weight excluding hydrogens is 458 g/mol. The molecule has 0 radical (unpaired) electrons. The highest BCUT2D eigenvalue weighted by Crippen LogP contribution is 2.62. The van der Waals surface area contributed by atoms with E-state index >= 15 is 0 Å². The van der Waals surface area contributed by atoms with Crippen LogP contribution in [0, 0.1) is 5.92 Å². The van der Waals surface area contributed by atoms with Gasteiger partial charge in [-0.3, -0.25) is 0 Å². The number of para-hydroxylation sites is 1. The standard InChI is InChI=1S/C37H33N/c1-24-9-8-22-36(2)32-23-28(18-21-33(32)38(37(24,36)3)29-12-5-4-6-13-29)30-19-16-27-15-14-25-10-7-11-26-17-20-31(30)35(27)34(25)26/h4-7,10-21,23-24H,8-9,22H2,1-3H3. The van der Waals surface area contributed by atoms with Crippen molar-refractivity contribution in [3.63, 3.8) is 0 Å². The average Bonchev–Trinajstić information content (AvgIpc) is 3.16. The maximum atomic E-state index is 2.68. The van der Waals surface area contributed by atoms with Crippen molar-refractivity contribution >= 4 is 43.7 Å². The lowest BCUT2D eigenvalue weighted by Gasteiger charge is -2.54. The molecule has 1 fully saturated rings. The van der Waals surface area contributed by atoms with Crippen LogP contribution in [0.1, 0.15) is 45.6 Å². The van der Waals surface area contributed by atoms with E-state index in [0.29, 0.717) is 5.92 Å². The van der Waals surface area contributed by atoms with Crippen LogP contribution in [0.5, 0.6) is 0 Å². The molecule has 3 unspecified atom stereocenters. The molecule has 0 bridgehead atoms. The van der Waals surface area contributed by atoms with Crippen LogP contribution in [0.25, 0.3) is 43.4 Å². The molecule has 1 heteroatoms. The molecule has 1 heterocycles. The molecule has 0 aromatic heterocycles. The van der Waals surface area contributed by atoms with E-state index in [1.807, 2.05) is 0 Å². The van der Waals surface area contributed by atoms with Crippen molar-refractivity contribution in [1.29, 1.82) is 0 Å². The largest absolute Gasteiger partial charge is 0.334 e. The van der Waals surface area contributed by atoms with Crippen LogP contribution >= 0.6 is 0 Å². The van der Waals surface area contributed by atoms with E-state index < -0.39 is 0 Å². The molecule has 6 aromatic rings. The molecule has 6 aromatic carbocycles. The summed E-state index contributed by atoms with van der Waals surface area (Å²) in [4.78, 5) is 2.68. The summed E-state index contributed by atoms with van der Waals surface area (Å²) in [5.41, 5.74) is 7.01. The molecule has 0 amide bonds. The van der Waals surface area contributed by atoms with Gasteiger partial charge in [-0.25, -0.2) is 0 Å². The van der Waals surface area contributed by atoms with Gasteiger partial charge in [-0.2, -0.15) is 0 Å². The molecule has 0 saturated heterocycles. The Kier molecular flexibility index (Phi) is 4.44. The van der Waals surface area contributed by atoms with E-state index in [9.17, 15) is 0 Å². The molecule has 3 atom stereocenters. The second kappa shape index (κ2) is 7.60. The first-order valence-electron chi connectivity index (χ1n) is 14.2. The van der Waals surface area contributed by atoms with E-state index in [1.54, 1.807) is 0 Å². The Labute approximate surface area is 225 Å². The number of nitrogens with zero attached hydrogens (tertiary/aromatic N) is 1. The van der Waals surface area contributed by atoms with E-state index in [1.165, 1.54) is 79.6 Å². The summed E-state index contributed by atoms with van der Waals surface area (Å²) in [5.74, 6) is 0.604. The predicted octanol–water partition coefficient (Wildman–Crippen LogP) is 10.2. The molecule has 1 nitrogen and oxygen atoms in total. The minimum absolute atomic E-state index is 0.0379. The van der Waals surface area contributed by atoms with Crippen molar-refractivity contribution in [3.05, 3.63) is 109 Å². The van der Waals surface area contributed by atoms with Gasteiger partial charge in [0.25, 0.3) is 0 Å². The monoisotopic (exact) mass is 491 g/mol. The Morgan fingerprint density at radius 3 is 2.21 bits per heavy atom. The van der Waals surface area contributed by atoms with Crippen molar-refractivity contribution in [3.8, 4) is 11.1 Å². The third kappa shape index (κ3) is 2.67. The van der Waals surface area contributed by atoms with Gasteiger partial charge >= 0.3 is 0 Å². The Morgan fingerprint density at radius 2 is 1.42 bits per heavy atom. The second-order valence-electron chi connectivity index (χ2n) is 12.1. The first kappa shape index (κ1) is 22.2. The van der Waals surface area contributed by atoms with Gasteiger partial charge in [0.15, 0.2) is 0 Å². The lowest BCUT2D eigenvalue weighted by atomic mass is 9.57. The Hall–Kier alpha value is -3.84. The van der Waals surface area contributed by atoms with Gasteiger partial charge in [-0.1, -0.05) is 99.1 Å². The highest BCUT2D eigenvalue weighted by molar-refractivity contribution is 6.25. The van der Waals surface area contributed by atoms with Gasteiger partial charge in [-0.05, 0) is 99.0 Å². The van der Waals surface area contributed by atoms with E-state index in [-0.39, 0.29) is 11.0 Å². The van der Waals surface area contributed by atoms with E-state index in [4.69, 9.17) is 0 Å². The molecule has 1 saturated carbocycles. The van der Waals surface area contributed by atoms with Crippen molar-refractivity contribution in [2.75, 3.05) is 4.90 Å². The Morgan fingerprint density at radius 1 is 0.711 bits per heavy atom. The maximum Gasteiger partial charge on any atom is 0.0543 e. The van der Waals surface area contributed by atoms with E-state index in [0.717, 1.165) is 0 Å². The first-order chi connectivity index (χ1) is 18.5. The highest BCUT2D eigenvalue weighted by Gasteiger charge is 2.60. The smallest absolute Gasteiger partial charge is 0.0543 e. The van der Waals surface area contributed by atoms with Gasteiger partial charge in [0.1, 0.15) is 0 Å². The number of rotatable bonds is 2. The lowest BCUT2D eigenvalue weighted by Crippen LogP contribution is -2.59. The lowest BCUT2D eigenvalue weighted by molar-refractivity contribution is 0.130. The first-order valence-corrected chi connectivity index (χ1v) is 14.2. The SMILES string of the molecule is CC1CCCC2(C)c3cc(-c4ccc5ccc6cccc7ccc4c5c67)ccc3N(c3ccccc3)C12C. The summed E-state index contributed by atoms with van der Waals surface area (Å²) in [6, 6.07) is 38.9. The van der Waals surface area contributed by atoms with E-state index in [2.05, 4.69) is 129 Å². The van der Waals surface area contributed by atoms with Crippen LogP contribution in [0.4, 0.5) is 11.4 Å². The second-order valence-corrected chi connectivity index (χ2v) is 12.1. The van der Waals surface area contributed by atoms with Gasteiger partial charge in [0, 0.05) is 16.8 Å². The van der Waals surface area contributed by atoms with Gasteiger partial charge in [0.2, 0.25) is 0 Å². The third-order valence-corrected chi connectivity index (χ3v) is 10.5. The van der Waals surface area contributed by atoms with Crippen molar-refractivity contribution in [2.24, 2.45) is 5.92 Å².